The van der Waals surface area contributed by atoms with E-state index in [1.165, 1.54) is 76.3 Å². The highest BCUT2D eigenvalue weighted by Crippen LogP contribution is 2.25. The fourth-order valence-corrected chi connectivity index (χ4v) is 3.13. The molecular formula is C17H28N2. The molecule has 1 aliphatic carbocycles. The normalized spacial score (nSPS) is 23.7. The summed E-state index contributed by atoms with van der Waals surface area (Å²) in [5, 5.41) is 3.42. The highest BCUT2D eigenvalue weighted by atomic mass is 14.9. The van der Waals surface area contributed by atoms with Crippen molar-refractivity contribution in [3.63, 3.8) is 0 Å². The molecule has 106 valence electrons. The van der Waals surface area contributed by atoms with Crippen molar-refractivity contribution in [3.8, 4) is 0 Å². The van der Waals surface area contributed by atoms with Gasteiger partial charge in [0.05, 0.1) is 0 Å². The summed E-state index contributed by atoms with van der Waals surface area (Å²) < 4.78 is 0. The average Bonchev–Trinajstić information content (AvgIpc) is 2.68. The monoisotopic (exact) mass is 260 g/mol. The van der Waals surface area contributed by atoms with Crippen molar-refractivity contribution < 1.29 is 0 Å². The number of hydrogen-bond acceptors (Lipinski definition) is 2. The summed E-state index contributed by atoms with van der Waals surface area (Å²) in [6.45, 7) is 0. The van der Waals surface area contributed by atoms with Crippen molar-refractivity contribution in [1.29, 1.82) is 0 Å². The summed E-state index contributed by atoms with van der Waals surface area (Å²) in [6, 6.07) is 0. The smallest absolute Gasteiger partial charge is 0.0428 e. The number of aliphatic imine (C=N–C) groups is 1. The van der Waals surface area contributed by atoms with E-state index < -0.39 is 0 Å². The molecule has 19 heavy (non-hydrogen) atoms. The third-order valence-electron chi connectivity index (χ3n) is 4.30. The minimum Gasteiger partial charge on any atom is -0.363 e. The molecule has 2 rings (SSSR count). The first kappa shape index (κ1) is 14.4. The van der Waals surface area contributed by atoms with Crippen molar-refractivity contribution in [2.75, 3.05) is 0 Å². The number of hydrogen-bond donors (Lipinski definition) is 1. The molecule has 0 saturated heterocycles. The van der Waals surface area contributed by atoms with Crippen molar-refractivity contribution in [2.45, 2.75) is 70.6 Å². The van der Waals surface area contributed by atoms with Crippen LogP contribution in [0.1, 0.15) is 70.6 Å². The van der Waals surface area contributed by atoms with Crippen molar-refractivity contribution in [2.24, 2.45) is 10.9 Å². The predicted octanol–water partition coefficient (Wildman–Crippen LogP) is 4.94. The minimum absolute atomic E-state index is 0.702. The first-order valence-electron chi connectivity index (χ1n) is 8.12. The largest absolute Gasteiger partial charge is 0.363 e. The van der Waals surface area contributed by atoms with Crippen LogP contribution in [0.2, 0.25) is 0 Å². The van der Waals surface area contributed by atoms with Gasteiger partial charge in [-0.05, 0) is 24.8 Å². The third-order valence-corrected chi connectivity index (χ3v) is 4.30. The van der Waals surface area contributed by atoms with Gasteiger partial charge >= 0.3 is 0 Å². The van der Waals surface area contributed by atoms with Gasteiger partial charge in [0.2, 0.25) is 0 Å². The van der Waals surface area contributed by atoms with Gasteiger partial charge in [0, 0.05) is 24.3 Å². The maximum Gasteiger partial charge on any atom is 0.0428 e. The summed E-state index contributed by atoms with van der Waals surface area (Å²) in [5.41, 5.74) is 1.37. The molecule has 0 spiro atoms. The highest BCUT2D eigenvalue weighted by Gasteiger charge is 2.14. The SMILES string of the molecule is C1=CNC(C2CCCCCCCCCCC2)=CC=N1. The van der Waals surface area contributed by atoms with Crippen LogP contribution in [0, 0.1) is 5.92 Å². The zero-order valence-corrected chi connectivity index (χ0v) is 12.1. The van der Waals surface area contributed by atoms with Crippen LogP contribution < -0.4 is 5.32 Å². The summed E-state index contributed by atoms with van der Waals surface area (Å²) in [5.74, 6) is 0.702. The average molecular weight is 260 g/mol. The van der Waals surface area contributed by atoms with E-state index in [1.807, 2.05) is 18.6 Å². The maximum absolute atomic E-state index is 4.17. The molecule has 0 aromatic rings. The zero-order valence-electron chi connectivity index (χ0n) is 12.1. The molecule has 1 N–H and O–H groups in total. The van der Waals surface area contributed by atoms with Gasteiger partial charge in [-0.25, -0.2) is 0 Å². The molecule has 0 amide bonds. The highest BCUT2D eigenvalue weighted by molar-refractivity contribution is 5.73. The lowest BCUT2D eigenvalue weighted by molar-refractivity contribution is 0.426. The third kappa shape index (κ3) is 5.63. The second-order valence-corrected chi connectivity index (χ2v) is 5.84. The van der Waals surface area contributed by atoms with E-state index in [0.29, 0.717) is 5.92 Å². The van der Waals surface area contributed by atoms with Gasteiger partial charge in [0.1, 0.15) is 0 Å². The van der Waals surface area contributed by atoms with Crippen LogP contribution in [0.4, 0.5) is 0 Å². The molecule has 1 saturated carbocycles. The molecule has 0 atom stereocenters. The Morgan fingerprint density at radius 1 is 0.842 bits per heavy atom. The molecule has 1 heterocycles. The summed E-state index contributed by atoms with van der Waals surface area (Å²) in [4.78, 5) is 4.17. The van der Waals surface area contributed by atoms with Gasteiger partial charge in [0.15, 0.2) is 0 Å². The van der Waals surface area contributed by atoms with E-state index in [4.69, 9.17) is 0 Å². The Hall–Kier alpha value is -1.05. The quantitative estimate of drug-likeness (QED) is 0.709. The topological polar surface area (TPSA) is 24.4 Å². The zero-order chi connectivity index (χ0) is 13.2. The first-order chi connectivity index (χ1) is 9.47. The fourth-order valence-electron chi connectivity index (χ4n) is 3.13. The van der Waals surface area contributed by atoms with Crippen molar-refractivity contribution in [1.82, 2.24) is 5.32 Å². The van der Waals surface area contributed by atoms with Crippen LogP contribution >= 0.6 is 0 Å². The van der Waals surface area contributed by atoms with Gasteiger partial charge in [-0.1, -0.05) is 57.8 Å². The molecule has 2 nitrogen and oxygen atoms in total. The first-order valence-corrected chi connectivity index (χ1v) is 8.12. The van der Waals surface area contributed by atoms with E-state index in [9.17, 15) is 0 Å². The maximum atomic E-state index is 4.17. The lowest BCUT2D eigenvalue weighted by Crippen LogP contribution is -2.16. The standard InChI is InChI=1S/C17H28N2/c1-2-4-6-8-10-16(11-9-7-5-3-1)17-12-13-18-14-15-19-17/h12-16,19H,1-11H2. The van der Waals surface area contributed by atoms with Gasteiger partial charge in [-0.15, -0.1) is 0 Å². The van der Waals surface area contributed by atoms with Crippen LogP contribution in [-0.4, -0.2) is 6.21 Å². The van der Waals surface area contributed by atoms with Gasteiger partial charge in [-0.2, -0.15) is 0 Å². The lowest BCUT2D eigenvalue weighted by Gasteiger charge is -2.20. The molecule has 0 aromatic carbocycles. The summed E-state index contributed by atoms with van der Waals surface area (Å²) in [6.07, 6.45) is 23.3. The number of allylic oxidation sites excluding steroid dienone is 2. The fraction of sp³-hybridized carbons (Fsp3) is 0.706. The molecule has 1 aliphatic heterocycles. The Morgan fingerprint density at radius 2 is 1.42 bits per heavy atom. The number of nitrogens with zero attached hydrogens (tertiary/aromatic N) is 1. The Labute approximate surface area is 118 Å². The molecule has 0 unspecified atom stereocenters. The number of rotatable bonds is 1. The predicted molar refractivity (Wildman–Crippen MR) is 83.1 cm³/mol. The number of nitrogens with one attached hydrogen (secondary N) is 1. The van der Waals surface area contributed by atoms with Crippen LogP contribution in [0.25, 0.3) is 0 Å². The van der Waals surface area contributed by atoms with Crippen molar-refractivity contribution >= 4 is 6.21 Å². The van der Waals surface area contributed by atoms with Gasteiger partial charge in [-0.3, -0.25) is 4.99 Å². The van der Waals surface area contributed by atoms with E-state index in [1.54, 1.807) is 0 Å². The van der Waals surface area contributed by atoms with Crippen LogP contribution in [-0.2, 0) is 0 Å². The molecule has 0 aromatic heterocycles. The second-order valence-electron chi connectivity index (χ2n) is 5.84. The Balaban J connectivity index is 1.89. The molecule has 1 fully saturated rings. The van der Waals surface area contributed by atoms with E-state index in [-0.39, 0.29) is 0 Å². The Kier molecular flexibility index (Phi) is 6.76. The molecule has 0 bridgehead atoms. The van der Waals surface area contributed by atoms with E-state index in [2.05, 4.69) is 16.4 Å². The van der Waals surface area contributed by atoms with Crippen LogP contribution in [0.5, 0.6) is 0 Å². The van der Waals surface area contributed by atoms with E-state index in [0.717, 1.165) is 0 Å². The van der Waals surface area contributed by atoms with Crippen LogP contribution in [0.15, 0.2) is 29.2 Å². The van der Waals surface area contributed by atoms with Crippen molar-refractivity contribution in [3.05, 3.63) is 24.2 Å². The molecule has 0 radical (unpaired) electrons. The minimum atomic E-state index is 0.702. The second kappa shape index (κ2) is 8.95. The molecule has 2 heteroatoms. The summed E-state index contributed by atoms with van der Waals surface area (Å²) in [7, 11) is 0. The Bertz CT molecular complexity index is 316. The molecular weight excluding hydrogens is 232 g/mol. The Morgan fingerprint density at radius 3 is 2.05 bits per heavy atom. The van der Waals surface area contributed by atoms with Gasteiger partial charge < -0.3 is 5.32 Å². The summed E-state index contributed by atoms with van der Waals surface area (Å²) >= 11 is 0. The van der Waals surface area contributed by atoms with Gasteiger partial charge in [0.25, 0.3) is 0 Å². The lowest BCUT2D eigenvalue weighted by atomic mass is 9.90. The van der Waals surface area contributed by atoms with Crippen LogP contribution in [0.3, 0.4) is 0 Å². The molecule has 2 aliphatic rings. The van der Waals surface area contributed by atoms with E-state index >= 15 is 0 Å².